The maximum absolute atomic E-state index is 10.4. The van der Waals surface area contributed by atoms with Crippen LogP contribution in [0.3, 0.4) is 0 Å². The molecular weight excluding hydrogens is 1520 g/mol. The minimum Gasteiger partial charge on any atom is -0.310 e. The topological polar surface area (TPSA) is 21.3 Å². The van der Waals surface area contributed by atoms with Gasteiger partial charge in [-0.15, -0.1) is 0 Å². The highest BCUT2D eigenvalue weighted by molar-refractivity contribution is 7.00. The highest BCUT2D eigenvalue weighted by Crippen LogP contribution is 2.57. The Morgan fingerprint density at radius 1 is 0.222 bits per heavy atom. The summed E-state index contributed by atoms with van der Waals surface area (Å²) in [5.74, 6) is 0. The average Bonchev–Trinajstić information content (AvgIpc) is 0.817. The van der Waals surface area contributed by atoms with Crippen molar-refractivity contribution in [3.63, 3.8) is 0 Å². The Morgan fingerprint density at radius 3 is 0.921 bits per heavy atom. The van der Waals surface area contributed by atoms with Crippen molar-refractivity contribution in [3.8, 4) is 72.7 Å². The zero-order valence-corrected chi connectivity index (χ0v) is 75.8. The van der Waals surface area contributed by atoms with Crippen LogP contribution in [-0.2, 0) is 32.5 Å². The van der Waals surface area contributed by atoms with Gasteiger partial charge in [-0.1, -0.05) is 343 Å². The van der Waals surface area contributed by atoms with Crippen molar-refractivity contribution >= 4 is 123 Å². The van der Waals surface area contributed by atoms with E-state index in [0.717, 1.165) is 162 Å². The number of benzene rings is 16. The molecule has 0 atom stereocenters. The summed E-state index contributed by atoms with van der Waals surface area (Å²) < 4.78 is 46.9. The fourth-order valence-corrected chi connectivity index (χ4v) is 20.1. The van der Waals surface area contributed by atoms with Crippen molar-refractivity contribution < 1.29 is 5.48 Å². The molecule has 0 bridgehead atoms. The standard InChI is InChI=1S/C120H110BN5/c1-115(2,3)81-51-58-105-97(66-81)98-67-82(116(4,5)6)52-59-106(98)124(105)89-54-57-101-109(74-89)126(114-95(77-41-27-21-28-42-77)70-86(120(16,17)18)71-96(114)78-43-29-22-30-44-78)111-64-80(79-61-83(117(7,8)9)65-84(62-79)118(10,11)12)63-110-112(111)121(101)100-56-53-88(73-108(100)125(110)113-93(75-37-23-19-24-38-75)68-85(119(13,14)15)69-94(113)76-39-25-20-26-40-76)123-104-50-36-33-47-92(104)99-72-87(55-60-107(99)123)122-102-48-34-31-45-90(102)91-46-32-35-49-103(91)122/h19-74H,1-18H3/i33D,36D,47D,50D. The fourth-order valence-electron chi connectivity index (χ4n) is 20.1. The van der Waals surface area contributed by atoms with Crippen LogP contribution >= 0.6 is 0 Å². The summed E-state index contributed by atoms with van der Waals surface area (Å²) in [6.07, 6.45) is 0. The van der Waals surface area contributed by atoms with Gasteiger partial charge in [0.15, 0.2) is 0 Å². The molecule has 0 radical (unpaired) electrons. The van der Waals surface area contributed by atoms with Crippen molar-refractivity contribution in [3.05, 3.63) is 373 Å². The molecule has 5 nitrogen and oxygen atoms in total. The maximum atomic E-state index is 10.4. The number of hydrogen-bond donors (Lipinski definition) is 0. The molecule has 19 aromatic rings. The first-order chi connectivity index (χ1) is 62.0. The lowest BCUT2D eigenvalue weighted by atomic mass is 9.33. The highest BCUT2D eigenvalue weighted by atomic mass is 15.2. The molecule has 2 aliphatic heterocycles. The zero-order valence-electron chi connectivity index (χ0n) is 79.8. The van der Waals surface area contributed by atoms with E-state index in [4.69, 9.17) is 0 Å². The van der Waals surface area contributed by atoms with Crippen LogP contribution in [0.5, 0.6) is 0 Å². The Labute approximate surface area is 749 Å². The molecule has 16 aromatic carbocycles. The summed E-state index contributed by atoms with van der Waals surface area (Å²) in [6.45, 7) is 41.6. The third-order valence-electron chi connectivity index (χ3n) is 27.0. The minimum absolute atomic E-state index is 0.0939. The van der Waals surface area contributed by atoms with Crippen molar-refractivity contribution in [2.75, 3.05) is 9.80 Å². The van der Waals surface area contributed by atoms with Gasteiger partial charge in [0.25, 0.3) is 6.71 Å². The van der Waals surface area contributed by atoms with Gasteiger partial charge in [-0.3, -0.25) is 0 Å². The molecule has 3 aromatic heterocycles. The van der Waals surface area contributed by atoms with Crippen molar-refractivity contribution in [2.45, 2.75) is 157 Å². The van der Waals surface area contributed by atoms with Gasteiger partial charge in [-0.2, -0.15) is 0 Å². The Hall–Kier alpha value is -13.4. The molecule has 0 aliphatic carbocycles. The molecule has 0 saturated heterocycles. The van der Waals surface area contributed by atoms with Crippen molar-refractivity contribution in [1.29, 1.82) is 0 Å². The van der Waals surface area contributed by atoms with Crippen LogP contribution in [-0.4, -0.2) is 20.4 Å². The van der Waals surface area contributed by atoms with Crippen molar-refractivity contribution in [1.82, 2.24) is 13.7 Å². The van der Waals surface area contributed by atoms with Gasteiger partial charge >= 0.3 is 0 Å². The van der Waals surface area contributed by atoms with Crippen LogP contribution in [0.1, 0.15) is 163 Å². The molecule has 618 valence electrons. The third-order valence-corrected chi connectivity index (χ3v) is 27.0. The molecule has 0 N–H and O–H groups in total. The van der Waals surface area contributed by atoms with Crippen molar-refractivity contribution in [2.24, 2.45) is 0 Å². The molecular formula is C120H110BN5. The summed E-state index contributed by atoms with van der Waals surface area (Å²) in [6, 6.07) is 118. The van der Waals surface area contributed by atoms with Crippen LogP contribution < -0.4 is 26.2 Å². The second-order valence-corrected chi connectivity index (χ2v) is 41.6. The third kappa shape index (κ3) is 13.3. The van der Waals surface area contributed by atoms with E-state index >= 15 is 0 Å². The molecule has 0 spiro atoms. The average molecular weight is 1640 g/mol. The summed E-state index contributed by atoms with van der Waals surface area (Å²) in [5.41, 5.74) is 34.4. The molecule has 0 unspecified atom stereocenters. The van der Waals surface area contributed by atoms with E-state index in [1.54, 1.807) is 0 Å². The second kappa shape index (κ2) is 29.1. The molecule has 0 amide bonds. The summed E-state index contributed by atoms with van der Waals surface area (Å²) >= 11 is 0. The molecule has 0 fully saturated rings. The Bertz CT molecular complexity index is 7610. The molecule has 0 saturated carbocycles. The normalized spacial score (nSPS) is 13.7. The van der Waals surface area contributed by atoms with Gasteiger partial charge in [0, 0.05) is 94.4 Å². The zero-order chi connectivity index (χ0) is 90.6. The van der Waals surface area contributed by atoms with Gasteiger partial charge in [0.05, 0.1) is 50.0 Å². The number of hydrogen-bond acceptors (Lipinski definition) is 2. The monoisotopic (exact) mass is 1640 g/mol. The number of anilines is 6. The number of fused-ring (bicyclic) bond motifs is 13. The van der Waals surface area contributed by atoms with Gasteiger partial charge in [-0.25, -0.2) is 0 Å². The maximum Gasteiger partial charge on any atom is 0.252 e. The summed E-state index contributed by atoms with van der Waals surface area (Å²) in [4.78, 5) is 5.36. The lowest BCUT2D eigenvalue weighted by molar-refractivity contribution is 0.569. The van der Waals surface area contributed by atoms with Crippen LogP contribution in [0.25, 0.3) is 138 Å². The van der Waals surface area contributed by atoms with E-state index in [2.05, 4.69) is 464 Å². The van der Waals surface area contributed by atoms with Gasteiger partial charge in [0.1, 0.15) is 0 Å². The van der Waals surface area contributed by atoms with Crippen LogP contribution in [0.2, 0.25) is 0 Å². The van der Waals surface area contributed by atoms with Gasteiger partial charge in [0.2, 0.25) is 0 Å². The molecule has 6 heteroatoms. The predicted octanol–water partition coefficient (Wildman–Crippen LogP) is 31.2. The SMILES string of the molecule is [2H]c1c([2H])c([2H])c2c(c1[2H])c1cc(-n3c4ccccc4c4ccccc43)ccc1n2-c1ccc2c(c1)N(c1c(-c3ccccc3)cc(C(C)(C)C)cc1-c1ccccc1)c1cc(-c3cc(C(C)(C)C)cc(C(C)(C)C)c3)cc3c1B2c1ccc(-n2c4ccc(C(C)(C)C)cc4c4cc(C(C)(C)C)ccc42)cc1N3c1c(-c2ccccc2)cc(C(C)(C)C)cc1-c1ccccc1. The van der Waals surface area contributed by atoms with E-state index in [-0.39, 0.29) is 56.7 Å². The summed E-state index contributed by atoms with van der Waals surface area (Å²) in [7, 11) is 0. The molecule has 21 rings (SSSR count). The quantitative estimate of drug-likeness (QED) is 0.127. The van der Waals surface area contributed by atoms with Crippen LogP contribution in [0, 0.1) is 0 Å². The number of aromatic nitrogens is 3. The Morgan fingerprint density at radius 2 is 0.532 bits per heavy atom. The van der Waals surface area contributed by atoms with Gasteiger partial charge in [-0.05, 0) is 237 Å². The first-order valence-electron chi connectivity index (χ1n) is 46.9. The second-order valence-electron chi connectivity index (χ2n) is 41.6. The fraction of sp³-hybridized carbons (Fsp3) is 0.200. The van der Waals surface area contributed by atoms with E-state index in [0.29, 0.717) is 16.3 Å². The van der Waals surface area contributed by atoms with Crippen LogP contribution in [0.15, 0.2) is 340 Å². The lowest BCUT2D eigenvalue weighted by Gasteiger charge is -2.46. The van der Waals surface area contributed by atoms with E-state index in [1.165, 1.54) is 44.2 Å². The predicted molar refractivity (Wildman–Crippen MR) is 543 cm³/mol. The molecule has 5 heterocycles. The number of rotatable bonds is 10. The van der Waals surface area contributed by atoms with E-state index in [9.17, 15) is 5.48 Å². The molecule has 126 heavy (non-hydrogen) atoms. The van der Waals surface area contributed by atoms with E-state index < -0.39 is 6.71 Å². The number of nitrogens with zero attached hydrogens (tertiary/aromatic N) is 5. The smallest absolute Gasteiger partial charge is 0.252 e. The highest BCUT2D eigenvalue weighted by Gasteiger charge is 2.47. The Balaban J connectivity index is 0.966. The lowest BCUT2D eigenvalue weighted by Crippen LogP contribution is -2.61. The largest absolute Gasteiger partial charge is 0.310 e. The molecule has 2 aliphatic rings. The first kappa shape index (κ1) is 75.1. The van der Waals surface area contributed by atoms with Crippen LogP contribution in [0.4, 0.5) is 34.1 Å². The van der Waals surface area contributed by atoms with Gasteiger partial charge < -0.3 is 23.5 Å². The Kier molecular flexibility index (Phi) is 17.3. The van der Waals surface area contributed by atoms with E-state index in [1.807, 2.05) is 0 Å². The minimum atomic E-state index is -0.458. The summed E-state index contributed by atoms with van der Waals surface area (Å²) in [5, 5.41) is 5.83. The number of para-hydroxylation sites is 3. The first-order valence-corrected chi connectivity index (χ1v) is 44.9.